The lowest BCUT2D eigenvalue weighted by Crippen LogP contribution is -2.26. The summed E-state index contributed by atoms with van der Waals surface area (Å²) in [5.41, 5.74) is 0.443. The molecule has 1 aromatic heterocycles. The lowest BCUT2D eigenvalue weighted by molar-refractivity contribution is 0.0934. The molecule has 0 saturated carbocycles. The second kappa shape index (κ2) is 8.17. The highest BCUT2D eigenvalue weighted by Gasteiger charge is 2.14. The van der Waals surface area contributed by atoms with Crippen LogP contribution in [0, 0.1) is 0 Å². The molecule has 1 heterocycles. The zero-order valence-corrected chi connectivity index (χ0v) is 13.6. The predicted molar refractivity (Wildman–Crippen MR) is 93.6 cm³/mol. The molecule has 3 rings (SSSR count). The van der Waals surface area contributed by atoms with Crippen LogP contribution in [0.1, 0.15) is 28.6 Å². The Labute approximate surface area is 145 Å². The maximum absolute atomic E-state index is 12.4. The molecule has 2 N–H and O–H groups in total. The van der Waals surface area contributed by atoms with Crippen molar-refractivity contribution in [3.63, 3.8) is 0 Å². The molecule has 25 heavy (non-hydrogen) atoms. The summed E-state index contributed by atoms with van der Waals surface area (Å²) < 4.78 is 10.9. The fourth-order valence-corrected chi connectivity index (χ4v) is 2.40. The van der Waals surface area contributed by atoms with Crippen LogP contribution in [0.4, 0.5) is 0 Å². The first-order valence-corrected chi connectivity index (χ1v) is 8.05. The van der Waals surface area contributed by atoms with Gasteiger partial charge in [-0.05, 0) is 42.8 Å². The van der Waals surface area contributed by atoms with E-state index < -0.39 is 6.10 Å². The van der Waals surface area contributed by atoms with Crippen molar-refractivity contribution >= 4 is 5.91 Å². The van der Waals surface area contributed by atoms with Gasteiger partial charge < -0.3 is 19.6 Å². The highest BCUT2D eigenvalue weighted by atomic mass is 16.5. The van der Waals surface area contributed by atoms with Crippen molar-refractivity contribution in [2.45, 2.75) is 12.5 Å². The largest absolute Gasteiger partial charge is 0.467 e. The summed E-state index contributed by atoms with van der Waals surface area (Å²) in [4.78, 5) is 12.4. The van der Waals surface area contributed by atoms with Gasteiger partial charge in [-0.25, -0.2) is 0 Å². The first kappa shape index (κ1) is 16.8. The molecule has 3 aromatic rings. The van der Waals surface area contributed by atoms with E-state index in [1.165, 1.54) is 6.26 Å². The number of aliphatic hydroxyl groups excluding tert-OH is 1. The minimum atomic E-state index is -0.744. The molecule has 5 nitrogen and oxygen atoms in total. The monoisotopic (exact) mass is 337 g/mol. The van der Waals surface area contributed by atoms with E-state index in [-0.39, 0.29) is 5.91 Å². The topological polar surface area (TPSA) is 71.7 Å². The van der Waals surface area contributed by atoms with E-state index in [1.54, 1.807) is 30.3 Å². The standard InChI is InChI=1S/C20H19NO4/c22-17(19-11-6-14-24-19)12-13-21-20(23)16-9-4-5-10-18(16)25-15-7-2-1-3-8-15/h1-11,14,17,22H,12-13H2,(H,21,23). The van der Waals surface area contributed by atoms with Gasteiger partial charge in [-0.2, -0.15) is 0 Å². The number of amides is 1. The second-order valence-electron chi connectivity index (χ2n) is 5.49. The summed E-state index contributed by atoms with van der Waals surface area (Å²) in [6.07, 6.45) is 1.13. The van der Waals surface area contributed by atoms with Gasteiger partial charge in [0.05, 0.1) is 11.8 Å². The normalized spacial score (nSPS) is 11.7. The first-order chi connectivity index (χ1) is 12.2. The van der Waals surface area contributed by atoms with Gasteiger partial charge in [0.2, 0.25) is 0 Å². The fourth-order valence-electron chi connectivity index (χ4n) is 2.40. The summed E-state index contributed by atoms with van der Waals surface area (Å²) in [7, 11) is 0. The molecule has 0 spiro atoms. The number of carbonyl (C=O) groups is 1. The van der Waals surface area contributed by atoms with Crippen molar-refractivity contribution in [1.82, 2.24) is 5.32 Å². The number of benzene rings is 2. The summed E-state index contributed by atoms with van der Waals surface area (Å²) in [6, 6.07) is 19.8. The second-order valence-corrected chi connectivity index (χ2v) is 5.49. The number of hydrogen-bond donors (Lipinski definition) is 2. The number of carbonyl (C=O) groups excluding carboxylic acids is 1. The molecule has 5 heteroatoms. The van der Waals surface area contributed by atoms with Crippen molar-refractivity contribution in [1.29, 1.82) is 0 Å². The molecule has 0 aliphatic carbocycles. The van der Waals surface area contributed by atoms with Gasteiger partial charge in [-0.1, -0.05) is 30.3 Å². The Balaban J connectivity index is 1.60. The molecule has 0 bridgehead atoms. The lowest BCUT2D eigenvalue weighted by Gasteiger charge is -2.12. The van der Waals surface area contributed by atoms with Gasteiger partial charge in [0.25, 0.3) is 5.91 Å². The molecule has 1 unspecified atom stereocenters. The number of nitrogens with one attached hydrogen (secondary N) is 1. The maximum Gasteiger partial charge on any atom is 0.255 e. The lowest BCUT2D eigenvalue weighted by atomic mass is 10.1. The third kappa shape index (κ3) is 4.49. The number of para-hydroxylation sites is 2. The molecule has 0 aliphatic heterocycles. The van der Waals surface area contributed by atoms with Crippen molar-refractivity contribution in [2.75, 3.05) is 6.54 Å². The van der Waals surface area contributed by atoms with Crippen LogP contribution in [0.3, 0.4) is 0 Å². The zero-order valence-electron chi connectivity index (χ0n) is 13.6. The number of hydrogen-bond acceptors (Lipinski definition) is 4. The molecule has 0 aliphatic rings. The number of ether oxygens (including phenoxy) is 1. The minimum absolute atomic E-state index is 0.252. The van der Waals surface area contributed by atoms with E-state index in [0.29, 0.717) is 35.8 Å². The average molecular weight is 337 g/mol. The Morgan fingerprint density at radius 3 is 2.56 bits per heavy atom. The van der Waals surface area contributed by atoms with Crippen LogP contribution in [0.15, 0.2) is 77.4 Å². The molecule has 128 valence electrons. The predicted octanol–water partition coefficient (Wildman–Crippen LogP) is 3.93. The average Bonchev–Trinajstić information content (AvgIpc) is 3.18. The Morgan fingerprint density at radius 2 is 1.80 bits per heavy atom. The fraction of sp³-hybridized carbons (Fsp3) is 0.150. The van der Waals surface area contributed by atoms with Crippen molar-refractivity contribution < 1.29 is 19.1 Å². The highest BCUT2D eigenvalue weighted by molar-refractivity contribution is 5.97. The van der Waals surface area contributed by atoms with Crippen LogP contribution in [-0.2, 0) is 0 Å². The third-order valence-corrected chi connectivity index (χ3v) is 3.68. The Morgan fingerprint density at radius 1 is 1.04 bits per heavy atom. The molecule has 0 saturated heterocycles. The number of aliphatic hydroxyl groups is 1. The van der Waals surface area contributed by atoms with Gasteiger partial charge in [-0.15, -0.1) is 0 Å². The smallest absolute Gasteiger partial charge is 0.255 e. The third-order valence-electron chi connectivity index (χ3n) is 3.68. The van der Waals surface area contributed by atoms with Crippen molar-refractivity contribution in [3.8, 4) is 11.5 Å². The molecule has 1 atom stereocenters. The Kier molecular flexibility index (Phi) is 5.49. The molecule has 0 fully saturated rings. The minimum Gasteiger partial charge on any atom is -0.467 e. The molecular weight excluding hydrogens is 318 g/mol. The van der Waals surface area contributed by atoms with Gasteiger partial charge in [0, 0.05) is 6.54 Å². The van der Waals surface area contributed by atoms with E-state index in [0.717, 1.165) is 0 Å². The van der Waals surface area contributed by atoms with E-state index in [9.17, 15) is 9.90 Å². The molecule has 0 radical (unpaired) electrons. The van der Waals surface area contributed by atoms with Crippen LogP contribution >= 0.6 is 0 Å². The first-order valence-electron chi connectivity index (χ1n) is 8.05. The van der Waals surface area contributed by atoms with Crippen LogP contribution in [0.2, 0.25) is 0 Å². The highest BCUT2D eigenvalue weighted by Crippen LogP contribution is 2.25. The van der Waals surface area contributed by atoms with Gasteiger partial charge >= 0.3 is 0 Å². The number of rotatable bonds is 7. The molecule has 1 amide bonds. The maximum atomic E-state index is 12.4. The van der Waals surface area contributed by atoms with E-state index in [4.69, 9.17) is 9.15 Å². The Bertz CT molecular complexity index is 800. The van der Waals surface area contributed by atoms with E-state index in [1.807, 2.05) is 36.4 Å². The zero-order chi connectivity index (χ0) is 17.5. The van der Waals surface area contributed by atoms with Crippen molar-refractivity contribution in [2.24, 2.45) is 0 Å². The van der Waals surface area contributed by atoms with Crippen LogP contribution in [-0.4, -0.2) is 17.6 Å². The summed E-state index contributed by atoms with van der Waals surface area (Å²) >= 11 is 0. The summed E-state index contributed by atoms with van der Waals surface area (Å²) in [5.74, 6) is 1.38. The van der Waals surface area contributed by atoms with E-state index in [2.05, 4.69) is 5.32 Å². The quantitative estimate of drug-likeness (QED) is 0.685. The van der Waals surface area contributed by atoms with Gasteiger partial charge in [0.15, 0.2) is 0 Å². The summed E-state index contributed by atoms with van der Waals surface area (Å²) in [6.45, 7) is 0.320. The van der Waals surface area contributed by atoms with Crippen LogP contribution in [0.5, 0.6) is 11.5 Å². The van der Waals surface area contributed by atoms with E-state index >= 15 is 0 Å². The van der Waals surface area contributed by atoms with Gasteiger partial charge in [0.1, 0.15) is 23.4 Å². The van der Waals surface area contributed by atoms with Gasteiger partial charge in [-0.3, -0.25) is 4.79 Å². The van der Waals surface area contributed by atoms with Crippen LogP contribution < -0.4 is 10.1 Å². The number of furan rings is 1. The van der Waals surface area contributed by atoms with Crippen LogP contribution in [0.25, 0.3) is 0 Å². The molecular formula is C20H19NO4. The van der Waals surface area contributed by atoms with Crippen molar-refractivity contribution in [3.05, 3.63) is 84.3 Å². The SMILES string of the molecule is O=C(NCCC(O)c1ccco1)c1ccccc1Oc1ccccc1. The molecule has 2 aromatic carbocycles. The summed E-state index contributed by atoms with van der Waals surface area (Å²) in [5, 5.41) is 12.8. The Hall–Kier alpha value is -3.05.